The van der Waals surface area contributed by atoms with Crippen LogP contribution in [0.15, 0.2) is 23.4 Å². The molecule has 0 spiro atoms. The number of rotatable bonds is 2. The Bertz CT molecular complexity index is 454. The highest BCUT2D eigenvalue weighted by Gasteiger charge is 2.16. The molecule has 3 N–H and O–H groups in total. The number of hydrogen-bond acceptors (Lipinski definition) is 3. The molecule has 0 amide bonds. The topological polar surface area (TPSA) is 61.9 Å². The summed E-state index contributed by atoms with van der Waals surface area (Å²) in [5, 5.41) is 11.8. The monoisotopic (exact) mass is 265 g/mol. The molecule has 0 atom stereocenters. The van der Waals surface area contributed by atoms with Crippen molar-refractivity contribution in [2.24, 2.45) is 10.9 Å². The van der Waals surface area contributed by atoms with Gasteiger partial charge in [-0.2, -0.15) is 0 Å². The lowest BCUT2D eigenvalue weighted by Gasteiger charge is -2.28. The fourth-order valence-electron chi connectivity index (χ4n) is 2.53. The molecule has 19 heavy (non-hydrogen) atoms. The molecule has 1 heterocycles. The summed E-state index contributed by atoms with van der Waals surface area (Å²) in [6, 6.07) is 4.45. The predicted octanol–water partition coefficient (Wildman–Crippen LogP) is 2.69. The summed E-state index contributed by atoms with van der Waals surface area (Å²) in [4.78, 5) is 2.20. The van der Waals surface area contributed by atoms with Crippen molar-refractivity contribution in [3.05, 3.63) is 29.6 Å². The van der Waals surface area contributed by atoms with Crippen LogP contribution < -0.4 is 10.6 Å². The number of amidine groups is 1. The fourth-order valence-corrected chi connectivity index (χ4v) is 2.53. The van der Waals surface area contributed by atoms with E-state index in [2.05, 4.69) is 10.1 Å². The van der Waals surface area contributed by atoms with Gasteiger partial charge in [0.1, 0.15) is 5.82 Å². The third kappa shape index (κ3) is 3.36. The molecule has 1 aromatic carbocycles. The molecule has 0 saturated carbocycles. The number of anilines is 1. The molecule has 1 aromatic rings. The van der Waals surface area contributed by atoms with Crippen LogP contribution in [-0.2, 0) is 0 Å². The van der Waals surface area contributed by atoms with E-state index in [0.717, 1.165) is 31.6 Å². The van der Waals surface area contributed by atoms with Gasteiger partial charge in [0, 0.05) is 24.3 Å². The first-order valence-electron chi connectivity index (χ1n) is 6.75. The van der Waals surface area contributed by atoms with Crippen molar-refractivity contribution in [3.63, 3.8) is 0 Å². The highest BCUT2D eigenvalue weighted by Crippen LogP contribution is 2.24. The van der Waals surface area contributed by atoms with Gasteiger partial charge in [-0.15, -0.1) is 0 Å². The largest absolute Gasteiger partial charge is 0.409 e. The quantitative estimate of drug-likeness (QED) is 0.374. The zero-order valence-electron chi connectivity index (χ0n) is 11.0. The van der Waals surface area contributed by atoms with Crippen LogP contribution in [-0.4, -0.2) is 24.1 Å². The minimum atomic E-state index is -0.377. The lowest BCUT2D eigenvalue weighted by Crippen LogP contribution is -2.29. The Morgan fingerprint density at radius 2 is 1.79 bits per heavy atom. The van der Waals surface area contributed by atoms with Gasteiger partial charge in [-0.3, -0.25) is 0 Å². The Morgan fingerprint density at radius 1 is 1.16 bits per heavy atom. The number of hydrogen-bond donors (Lipinski definition) is 2. The summed E-state index contributed by atoms with van der Waals surface area (Å²) in [5.74, 6) is -0.422. The number of nitrogens with zero attached hydrogens (tertiary/aromatic N) is 2. The molecular weight excluding hydrogens is 245 g/mol. The van der Waals surface area contributed by atoms with E-state index in [9.17, 15) is 4.39 Å². The van der Waals surface area contributed by atoms with E-state index in [4.69, 9.17) is 10.9 Å². The summed E-state index contributed by atoms with van der Waals surface area (Å²) in [5.41, 5.74) is 6.95. The third-order valence-electron chi connectivity index (χ3n) is 3.54. The molecule has 1 aliphatic heterocycles. The van der Waals surface area contributed by atoms with Gasteiger partial charge < -0.3 is 15.8 Å². The first-order chi connectivity index (χ1) is 9.22. The molecule has 1 fully saturated rings. The Kier molecular flexibility index (Phi) is 4.60. The summed E-state index contributed by atoms with van der Waals surface area (Å²) in [6.45, 7) is 1.86. The molecule has 0 bridgehead atoms. The van der Waals surface area contributed by atoms with E-state index < -0.39 is 0 Å². The second-order valence-electron chi connectivity index (χ2n) is 4.90. The van der Waals surface area contributed by atoms with Crippen molar-refractivity contribution in [3.8, 4) is 0 Å². The van der Waals surface area contributed by atoms with Crippen molar-refractivity contribution in [1.29, 1.82) is 0 Å². The molecule has 2 rings (SSSR count). The predicted molar refractivity (Wildman–Crippen MR) is 74.2 cm³/mol. The zero-order valence-corrected chi connectivity index (χ0v) is 11.0. The van der Waals surface area contributed by atoms with E-state index in [1.807, 2.05) is 0 Å². The molecule has 104 valence electrons. The smallest absolute Gasteiger partial charge is 0.172 e. The molecule has 0 radical (unpaired) electrons. The second-order valence-corrected chi connectivity index (χ2v) is 4.90. The van der Waals surface area contributed by atoms with Crippen molar-refractivity contribution in [1.82, 2.24) is 0 Å². The molecule has 5 heteroatoms. The van der Waals surface area contributed by atoms with Crippen molar-refractivity contribution in [2.45, 2.75) is 32.1 Å². The van der Waals surface area contributed by atoms with Crippen LogP contribution in [0.4, 0.5) is 10.1 Å². The zero-order chi connectivity index (χ0) is 13.7. The molecular formula is C14H20FN3O. The second kappa shape index (κ2) is 6.41. The average Bonchev–Trinajstić information content (AvgIpc) is 2.38. The average molecular weight is 265 g/mol. The van der Waals surface area contributed by atoms with Gasteiger partial charge in [0.15, 0.2) is 5.84 Å². The molecule has 1 aliphatic rings. The lowest BCUT2D eigenvalue weighted by atomic mass is 10.1. The van der Waals surface area contributed by atoms with Crippen LogP contribution in [0.3, 0.4) is 0 Å². The number of nitrogens with two attached hydrogens (primary N) is 1. The molecule has 0 aliphatic carbocycles. The Balaban J connectivity index is 2.31. The standard InChI is InChI=1S/C14H20FN3O/c15-11-6-7-13(12(10-11)14(16)17-19)18-8-4-2-1-3-5-9-18/h6-7,10,19H,1-5,8-9H2,(H2,16,17). The van der Waals surface area contributed by atoms with Crippen molar-refractivity contribution in [2.75, 3.05) is 18.0 Å². The molecule has 1 saturated heterocycles. The Labute approximate surface area is 112 Å². The Morgan fingerprint density at radius 3 is 2.42 bits per heavy atom. The van der Waals surface area contributed by atoms with E-state index in [1.54, 1.807) is 6.07 Å². The maximum absolute atomic E-state index is 13.3. The van der Waals surface area contributed by atoms with Crippen molar-refractivity contribution < 1.29 is 9.60 Å². The van der Waals surface area contributed by atoms with Gasteiger partial charge in [-0.25, -0.2) is 4.39 Å². The minimum absolute atomic E-state index is 0.0449. The van der Waals surface area contributed by atoms with E-state index in [1.165, 1.54) is 31.4 Å². The summed E-state index contributed by atoms with van der Waals surface area (Å²) in [7, 11) is 0. The molecule has 0 aromatic heterocycles. The lowest BCUT2D eigenvalue weighted by molar-refractivity contribution is 0.318. The van der Waals surface area contributed by atoms with Gasteiger partial charge in [0.05, 0.1) is 0 Å². The number of halogens is 1. The van der Waals surface area contributed by atoms with Crippen molar-refractivity contribution >= 4 is 11.5 Å². The highest BCUT2D eigenvalue weighted by atomic mass is 19.1. The summed E-state index contributed by atoms with van der Waals surface area (Å²) in [6.07, 6.45) is 5.96. The minimum Gasteiger partial charge on any atom is -0.409 e. The first-order valence-corrected chi connectivity index (χ1v) is 6.75. The van der Waals surface area contributed by atoms with E-state index in [-0.39, 0.29) is 11.7 Å². The fraction of sp³-hybridized carbons (Fsp3) is 0.500. The third-order valence-corrected chi connectivity index (χ3v) is 3.54. The normalized spacial score (nSPS) is 17.9. The van der Waals surface area contributed by atoms with Gasteiger partial charge in [0.2, 0.25) is 0 Å². The van der Waals surface area contributed by atoms with Crippen LogP contribution in [0, 0.1) is 5.82 Å². The molecule has 0 unspecified atom stereocenters. The summed E-state index contributed by atoms with van der Waals surface area (Å²) < 4.78 is 13.3. The highest BCUT2D eigenvalue weighted by molar-refractivity contribution is 6.02. The maximum atomic E-state index is 13.3. The number of benzene rings is 1. The van der Waals surface area contributed by atoms with Crippen LogP contribution in [0.1, 0.15) is 37.7 Å². The maximum Gasteiger partial charge on any atom is 0.172 e. The SMILES string of the molecule is NC(=NO)c1cc(F)ccc1N1CCCCCCC1. The molecule has 4 nitrogen and oxygen atoms in total. The van der Waals surface area contributed by atoms with Crippen LogP contribution in [0.5, 0.6) is 0 Å². The van der Waals surface area contributed by atoms with Crippen LogP contribution in [0.2, 0.25) is 0 Å². The van der Waals surface area contributed by atoms with Gasteiger partial charge >= 0.3 is 0 Å². The van der Waals surface area contributed by atoms with Gasteiger partial charge in [0.25, 0.3) is 0 Å². The van der Waals surface area contributed by atoms with Crippen LogP contribution in [0.25, 0.3) is 0 Å². The van der Waals surface area contributed by atoms with Gasteiger partial charge in [-0.05, 0) is 31.0 Å². The first kappa shape index (κ1) is 13.6. The van der Waals surface area contributed by atoms with Gasteiger partial charge in [-0.1, -0.05) is 24.4 Å². The van der Waals surface area contributed by atoms with E-state index in [0.29, 0.717) is 5.56 Å². The van der Waals surface area contributed by atoms with Crippen LogP contribution >= 0.6 is 0 Å². The number of oxime groups is 1. The summed E-state index contributed by atoms with van der Waals surface area (Å²) >= 11 is 0. The Hall–Kier alpha value is -1.78. The van der Waals surface area contributed by atoms with E-state index >= 15 is 0 Å².